The molecule has 0 aliphatic heterocycles. The summed E-state index contributed by atoms with van der Waals surface area (Å²) in [5.41, 5.74) is 0.520. The lowest BCUT2D eigenvalue weighted by atomic mass is 10.2. The summed E-state index contributed by atoms with van der Waals surface area (Å²) in [4.78, 5) is 0.129. The SMILES string of the molecule is O=S(=O)(c1ccccc1)N(Cc1ccc(OC(F)(F)F)cc1)c1cc2ccccc2s1. The highest BCUT2D eigenvalue weighted by Gasteiger charge is 2.31. The number of sulfonamides is 1. The van der Waals surface area contributed by atoms with Crippen LogP contribution in [0.2, 0.25) is 0 Å². The predicted octanol–water partition coefficient (Wildman–Crippen LogP) is 6.20. The Morgan fingerprint density at radius 1 is 0.871 bits per heavy atom. The minimum absolute atomic E-state index is 0.0453. The third-order valence-electron chi connectivity index (χ3n) is 4.47. The van der Waals surface area contributed by atoms with Gasteiger partial charge in [0.1, 0.15) is 10.8 Å². The summed E-state index contributed by atoms with van der Waals surface area (Å²) in [6, 6.07) is 22.5. The molecule has 0 N–H and O–H groups in total. The van der Waals surface area contributed by atoms with Crippen LogP contribution in [0.4, 0.5) is 18.2 Å². The van der Waals surface area contributed by atoms with Crippen molar-refractivity contribution in [2.75, 3.05) is 4.31 Å². The molecule has 31 heavy (non-hydrogen) atoms. The van der Waals surface area contributed by atoms with Gasteiger partial charge >= 0.3 is 6.36 Å². The van der Waals surface area contributed by atoms with Gasteiger partial charge in [-0.05, 0) is 47.3 Å². The van der Waals surface area contributed by atoms with Crippen molar-refractivity contribution in [3.05, 3.63) is 90.5 Å². The monoisotopic (exact) mass is 463 g/mol. The number of alkyl halides is 3. The van der Waals surface area contributed by atoms with Gasteiger partial charge in [0.05, 0.1) is 11.4 Å². The number of nitrogens with zero attached hydrogens (tertiary/aromatic N) is 1. The number of hydrogen-bond acceptors (Lipinski definition) is 4. The van der Waals surface area contributed by atoms with E-state index < -0.39 is 16.4 Å². The maximum Gasteiger partial charge on any atom is 0.573 e. The molecule has 4 nitrogen and oxygen atoms in total. The fraction of sp³-hybridized carbons (Fsp3) is 0.0909. The summed E-state index contributed by atoms with van der Waals surface area (Å²) in [5, 5.41) is 1.42. The first-order valence-corrected chi connectivity index (χ1v) is 11.4. The molecule has 160 valence electrons. The van der Waals surface area contributed by atoms with Gasteiger partial charge in [-0.15, -0.1) is 24.5 Å². The van der Waals surface area contributed by atoms with Gasteiger partial charge in [0, 0.05) is 4.70 Å². The second kappa shape index (κ2) is 8.24. The molecule has 0 amide bonds. The predicted molar refractivity (Wildman–Crippen MR) is 115 cm³/mol. The normalized spacial score (nSPS) is 12.1. The van der Waals surface area contributed by atoms with Gasteiger partial charge < -0.3 is 4.74 Å². The van der Waals surface area contributed by atoms with Crippen LogP contribution in [0.25, 0.3) is 10.1 Å². The van der Waals surface area contributed by atoms with Gasteiger partial charge in [0.15, 0.2) is 0 Å². The summed E-state index contributed by atoms with van der Waals surface area (Å²) >= 11 is 1.33. The highest BCUT2D eigenvalue weighted by Crippen LogP contribution is 2.36. The van der Waals surface area contributed by atoms with Crippen LogP contribution in [0.15, 0.2) is 89.8 Å². The number of anilines is 1. The number of thiophene rings is 1. The minimum Gasteiger partial charge on any atom is -0.406 e. The molecule has 0 aliphatic rings. The molecule has 0 bridgehead atoms. The topological polar surface area (TPSA) is 46.6 Å². The standard InChI is InChI=1S/C22H16F3NO3S2/c23-22(24,25)29-18-12-10-16(11-13-18)15-26(31(27,28)19-7-2-1-3-8-19)21-14-17-6-4-5-9-20(17)30-21/h1-14H,15H2. The van der Waals surface area contributed by atoms with Crippen molar-refractivity contribution in [3.8, 4) is 5.75 Å². The highest BCUT2D eigenvalue weighted by atomic mass is 32.2. The van der Waals surface area contributed by atoms with Gasteiger partial charge in [-0.25, -0.2) is 8.42 Å². The lowest BCUT2D eigenvalue weighted by molar-refractivity contribution is -0.274. The van der Waals surface area contributed by atoms with Crippen molar-refractivity contribution in [1.82, 2.24) is 0 Å². The van der Waals surface area contributed by atoms with Crippen LogP contribution in [-0.2, 0) is 16.6 Å². The minimum atomic E-state index is -4.79. The van der Waals surface area contributed by atoms with E-state index in [1.54, 1.807) is 24.3 Å². The molecule has 0 atom stereocenters. The Hall–Kier alpha value is -3.04. The van der Waals surface area contributed by atoms with E-state index >= 15 is 0 Å². The molecular weight excluding hydrogens is 447 g/mol. The van der Waals surface area contributed by atoms with Crippen LogP contribution in [0.5, 0.6) is 5.75 Å². The average Bonchev–Trinajstić information content (AvgIpc) is 3.16. The van der Waals surface area contributed by atoms with E-state index in [1.807, 2.05) is 24.3 Å². The van der Waals surface area contributed by atoms with Crippen molar-refractivity contribution >= 4 is 36.4 Å². The Morgan fingerprint density at radius 2 is 1.52 bits per heavy atom. The summed E-state index contributed by atoms with van der Waals surface area (Å²) in [7, 11) is -3.91. The zero-order chi connectivity index (χ0) is 22.1. The maximum atomic E-state index is 13.4. The number of fused-ring (bicyclic) bond motifs is 1. The van der Waals surface area contributed by atoms with Gasteiger partial charge in [0.25, 0.3) is 10.0 Å². The van der Waals surface area contributed by atoms with Crippen LogP contribution in [0.3, 0.4) is 0 Å². The molecule has 1 aromatic heterocycles. The molecule has 0 aliphatic carbocycles. The van der Waals surface area contributed by atoms with Gasteiger partial charge in [-0.3, -0.25) is 4.31 Å². The Kier molecular flexibility index (Phi) is 5.63. The molecule has 0 saturated heterocycles. The first-order chi connectivity index (χ1) is 14.7. The Bertz CT molecular complexity index is 1250. The summed E-state index contributed by atoms with van der Waals surface area (Å²) in [5.74, 6) is -0.365. The van der Waals surface area contributed by atoms with E-state index in [1.165, 1.54) is 52.0 Å². The van der Waals surface area contributed by atoms with Crippen LogP contribution < -0.4 is 9.04 Å². The zero-order valence-electron chi connectivity index (χ0n) is 15.9. The number of hydrogen-bond donors (Lipinski definition) is 0. The number of halogens is 3. The first-order valence-electron chi connectivity index (χ1n) is 9.13. The van der Waals surface area contributed by atoms with Crippen molar-refractivity contribution in [2.45, 2.75) is 17.8 Å². The molecule has 3 aromatic carbocycles. The van der Waals surface area contributed by atoms with Gasteiger partial charge in [-0.1, -0.05) is 48.5 Å². The molecule has 9 heteroatoms. The number of benzene rings is 3. The first kappa shape index (κ1) is 21.2. The van der Waals surface area contributed by atoms with Crippen LogP contribution in [-0.4, -0.2) is 14.8 Å². The highest BCUT2D eigenvalue weighted by molar-refractivity contribution is 7.93. The number of rotatable bonds is 6. The third-order valence-corrected chi connectivity index (χ3v) is 7.50. The lowest BCUT2D eigenvalue weighted by Crippen LogP contribution is -2.29. The van der Waals surface area contributed by atoms with Crippen LogP contribution in [0.1, 0.15) is 5.56 Å². The fourth-order valence-electron chi connectivity index (χ4n) is 3.05. The Labute approximate surface area is 181 Å². The summed E-state index contributed by atoms with van der Waals surface area (Å²) < 4.78 is 70.2. The number of ether oxygens (including phenoxy) is 1. The van der Waals surface area contributed by atoms with E-state index in [9.17, 15) is 21.6 Å². The van der Waals surface area contributed by atoms with Gasteiger partial charge in [-0.2, -0.15) is 0 Å². The molecule has 4 aromatic rings. The molecular formula is C22H16F3NO3S2. The second-order valence-electron chi connectivity index (χ2n) is 6.64. The summed E-state index contributed by atoms with van der Waals surface area (Å²) in [6.07, 6.45) is -4.79. The van der Waals surface area contributed by atoms with E-state index in [4.69, 9.17) is 0 Å². The Balaban J connectivity index is 1.72. The fourth-order valence-corrected chi connectivity index (χ4v) is 5.79. The van der Waals surface area contributed by atoms with Gasteiger partial charge in [0.2, 0.25) is 0 Å². The van der Waals surface area contributed by atoms with Crippen molar-refractivity contribution in [1.29, 1.82) is 0 Å². The Morgan fingerprint density at radius 3 is 2.16 bits per heavy atom. The van der Waals surface area contributed by atoms with E-state index in [0.29, 0.717) is 10.6 Å². The van der Waals surface area contributed by atoms with Crippen molar-refractivity contribution in [2.24, 2.45) is 0 Å². The molecule has 0 unspecified atom stereocenters. The average molecular weight is 464 g/mol. The molecule has 1 heterocycles. The molecule has 0 fully saturated rings. The van der Waals surface area contributed by atoms with E-state index in [-0.39, 0.29) is 17.2 Å². The molecule has 0 radical (unpaired) electrons. The van der Waals surface area contributed by atoms with E-state index in [0.717, 1.165) is 10.1 Å². The third kappa shape index (κ3) is 4.83. The van der Waals surface area contributed by atoms with Crippen LogP contribution in [0, 0.1) is 0 Å². The quantitative estimate of drug-likeness (QED) is 0.342. The van der Waals surface area contributed by atoms with Crippen LogP contribution >= 0.6 is 11.3 Å². The zero-order valence-corrected chi connectivity index (χ0v) is 17.5. The molecule has 4 rings (SSSR count). The smallest absolute Gasteiger partial charge is 0.406 e. The summed E-state index contributed by atoms with van der Waals surface area (Å²) in [6.45, 7) is -0.0453. The lowest BCUT2D eigenvalue weighted by Gasteiger charge is -2.23. The molecule has 0 saturated carbocycles. The van der Waals surface area contributed by atoms with Crippen molar-refractivity contribution < 1.29 is 26.3 Å². The van der Waals surface area contributed by atoms with E-state index in [2.05, 4.69) is 4.74 Å². The maximum absolute atomic E-state index is 13.4. The van der Waals surface area contributed by atoms with Crippen molar-refractivity contribution in [3.63, 3.8) is 0 Å². The second-order valence-corrected chi connectivity index (χ2v) is 9.56. The largest absolute Gasteiger partial charge is 0.573 e. The molecule has 0 spiro atoms.